The fourth-order valence-corrected chi connectivity index (χ4v) is 5.62. The number of nitrogens with two attached hydrogens (primary N) is 1. The Morgan fingerprint density at radius 1 is 1.18 bits per heavy atom. The maximum absolute atomic E-state index is 14.6. The summed E-state index contributed by atoms with van der Waals surface area (Å²) in [6.07, 6.45) is 1.92. The van der Waals surface area contributed by atoms with Crippen LogP contribution in [0.25, 0.3) is 0 Å². The van der Waals surface area contributed by atoms with Gasteiger partial charge in [-0.3, -0.25) is 9.59 Å². The number of hydrogen-bond donors (Lipinski definition) is 4. The largest absolute Gasteiger partial charge is 0.453 e. The maximum Gasteiger partial charge on any atom is 0.407 e. The summed E-state index contributed by atoms with van der Waals surface area (Å²) in [7, 11) is 1.28. The summed E-state index contributed by atoms with van der Waals surface area (Å²) < 4.78 is 33.9. The first-order valence-corrected chi connectivity index (χ1v) is 13.7. The third-order valence-electron chi connectivity index (χ3n) is 7.76. The molecule has 0 bridgehead atoms. The second-order valence-electron chi connectivity index (χ2n) is 11.6. The summed E-state index contributed by atoms with van der Waals surface area (Å²) >= 11 is 0. The van der Waals surface area contributed by atoms with Gasteiger partial charge in [-0.15, -0.1) is 12.4 Å². The van der Waals surface area contributed by atoms with Crippen molar-refractivity contribution in [3.63, 3.8) is 0 Å². The molecule has 40 heavy (non-hydrogen) atoms. The fraction of sp³-hybridized carbons (Fsp3) is 0.679. The number of aliphatic hydroxyl groups is 1. The van der Waals surface area contributed by atoms with Crippen LogP contribution in [0.2, 0.25) is 0 Å². The van der Waals surface area contributed by atoms with E-state index in [0.29, 0.717) is 32.1 Å². The quantitative estimate of drug-likeness (QED) is 0.330. The van der Waals surface area contributed by atoms with Crippen LogP contribution in [0.15, 0.2) is 24.3 Å². The summed E-state index contributed by atoms with van der Waals surface area (Å²) in [4.78, 5) is 39.1. The van der Waals surface area contributed by atoms with Crippen molar-refractivity contribution in [3.05, 3.63) is 29.8 Å². The zero-order valence-electron chi connectivity index (χ0n) is 23.5. The monoisotopic (exact) mass is 588 g/mol. The molecule has 12 heteroatoms. The van der Waals surface area contributed by atoms with Gasteiger partial charge in [0.15, 0.2) is 0 Å². The number of alkyl halides is 2. The third kappa shape index (κ3) is 8.75. The lowest BCUT2D eigenvalue weighted by atomic mass is 9.80. The number of methoxy groups -OCH3 is 1. The Morgan fingerprint density at radius 2 is 1.82 bits per heavy atom. The van der Waals surface area contributed by atoms with E-state index < -0.39 is 47.9 Å². The van der Waals surface area contributed by atoms with Crippen LogP contribution in [0.1, 0.15) is 64.4 Å². The van der Waals surface area contributed by atoms with Crippen molar-refractivity contribution in [2.75, 3.05) is 25.1 Å². The van der Waals surface area contributed by atoms with Crippen LogP contribution in [-0.2, 0) is 20.7 Å². The Balaban J connectivity index is 0.00000560. The second kappa shape index (κ2) is 14.4. The molecule has 1 heterocycles. The van der Waals surface area contributed by atoms with E-state index in [1.165, 1.54) is 7.11 Å². The summed E-state index contributed by atoms with van der Waals surface area (Å²) in [5.74, 6) is -6.02. The van der Waals surface area contributed by atoms with Gasteiger partial charge in [-0.1, -0.05) is 51.3 Å². The van der Waals surface area contributed by atoms with Crippen molar-refractivity contribution >= 4 is 36.0 Å². The SMILES string of the molecule is COC(=O)NC1Cc2ccccc2N(C(=O)CC(C)(C)C[C@H](N)[C@@H](O)CNC(=O)C(F)(F)C2CCCCC2)C1.Cl. The number of benzene rings is 1. The minimum absolute atomic E-state index is 0. The van der Waals surface area contributed by atoms with Crippen LogP contribution in [-0.4, -0.2) is 67.3 Å². The zero-order chi connectivity index (χ0) is 28.8. The Hall–Kier alpha value is -2.50. The van der Waals surface area contributed by atoms with Gasteiger partial charge in [-0.05, 0) is 42.7 Å². The highest BCUT2D eigenvalue weighted by atomic mass is 35.5. The second-order valence-corrected chi connectivity index (χ2v) is 11.6. The van der Waals surface area contributed by atoms with Crippen LogP contribution in [0.3, 0.4) is 0 Å². The topological polar surface area (TPSA) is 134 Å². The Labute approximate surface area is 241 Å². The molecular weight excluding hydrogens is 546 g/mol. The minimum Gasteiger partial charge on any atom is -0.453 e. The molecule has 9 nitrogen and oxygen atoms in total. The molecular formula is C28H43ClF2N4O5. The smallest absolute Gasteiger partial charge is 0.407 e. The lowest BCUT2D eigenvalue weighted by molar-refractivity contribution is -0.156. The lowest BCUT2D eigenvalue weighted by Gasteiger charge is -2.37. The number of carbonyl (C=O) groups excluding carboxylic acids is 3. The molecule has 1 unspecified atom stereocenters. The number of anilines is 1. The molecule has 0 radical (unpaired) electrons. The first-order valence-electron chi connectivity index (χ1n) is 13.7. The first kappa shape index (κ1) is 33.7. The zero-order valence-corrected chi connectivity index (χ0v) is 24.3. The van der Waals surface area contributed by atoms with E-state index in [2.05, 4.69) is 10.6 Å². The summed E-state index contributed by atoms with van der Waals surface area (Å²) in [6, 6.07) is 6.31. The molecule has 3 amide bonds. The lowest BCUT2D eigenvalue weighted by Crippen LogP contribution is -2.52. The Kier molecular flexibility index (Phi) is 12.1. The number of fused-ring (bicyclic) bond motifs is 1. The number of rotatable bonds is 10. The number of amides is 3. The van der Waals surface area contributed by atoms with Gasteiger partial charge in [0.05, 0.1) is 19.3 Å². The number of halogens is 3. The van der Waals surface area contributed by atoms with Gasteiger partial charge in [-0.2, -0.15) is 8.78 Å². The molecule has 0 aromatic heterocycles. The molecule has 1 aromatic rings. The molecule has 0 saturated heterocycles. The van der Waals surface area contributed by atoms with Gasteiger partial charge >= 0.3 is 12.0 Å². The van der Waals surface area contributed by atoms with Crippen molar-refractivity contribution in [1.82, 2.24) is 10.6 Å². The Morgan fingerprint density at radius 3 is 2.48 bits per heavy atom. The van der Waals surface area contributed by atoms with E-state index in [0.717, 1.165) is 17.7 Å². The van der Waals surface area contributed by atoms with Crippen molar-refractivity contribution in [2.45, 2.75) is 89.3 Å². The van der Waals surface area contributed by atoms with Crippen LogP contribution >= 0.6 is 12.4 Å². The maximum atomic E-state index is 14.6. The molecule has 1 saturated carbocycles. The van der Waals surface area contributed by atoms with E-state index in [1.54, 1.807) is 4.90 Å². The number of nitrogens with zero attached hydrogens (tertiary/aromatic N) is 1. The van der Waals surface area contributed by atoms with Gasteiger partial charge < -0.3 is 31.1 Å². The van der Waals surface area contributed by atoms with Crippen molar-refractivity contribution < 1.29 is 33.0 Å². The normalized spacial score (nSPS) is 19.5. The molecule has 0 spiro atoms. The highest BCUT2D eigenvalue weighted by Crippen LogP contribution is 2.37. The van der Waals surface area contributed by atoms with E-state index >= 15 is 0 Å². The number of aliphatic hydroxyl groups excluding tert-OH is 1. The molecule has 3 atom stereocenters. The van der Waals surface area contributed by atoms with Crippen LogP contribution in [0, 0.1) is 11.3 Å². The van der Waals surface area contributed by atoms with Gasteiger partial charge in [-0.25, -0.2) is 4.79 Å². The number of ether oxygens (including phenoxy) is 1. The Bertz CT molecular complexity index is 1020. The summed E-state index contributed by atoms with van der Waals surface area (Å²) in [6.45, 7) is 3.56. The van der Waals surface area contributed by atoms with Gasteiger partial charge in [0.2, 0.25) is 5.91 Å². The summed E-state index contributed by atoms with van der Waals surface area (Å²) in [5, 5.41) is 15.5. The number of alkyl carbamates (subject to hydrolysis) is 1. The van der Waals surface area contributed by atoms with Crippen LogP contribution in [0.5, 0.6) is 0 Å². The molecule has 1 aliphatic carbocycles. The molecule has 3 rings (SSSR count). The van der Waals surface area contributed by atoms with Crippen LogP contribution in [0.4, 0.5) is 19.3 Å². The van der Waals surface area contributed by atoms with Gasteiger partial charge in [0, 0.05) is 37.2 Å². The molecule has 1 fully saturated rings. The van der Waals surface area contributed by atoms with Crippen molar-refractivity contribution in [3.8, 4) is 0 Å². The molecule has 1 aromatic carbocycles. The van der Waals surface area contributed by atoms with Crippen molar-refractivity contribution in [1.29, 1.82) is 0 Å². The average molecular weight is 589 g/mol. The number of para-hydroxylation sites is 1. The van der Waals surface area contributed by atoms with E-state index in [-0.39, 0.29) is 43.7 Å². The van der Waals surface area contributed by atoms with Gasteiger partial charge in [0.1, 0.15) is 0 Å². The van der Waals surface area contributed by atoms with Gasteiger partial charge in [0.25, 0.3) is 5.91 Å². The minimum atomic E-state index is -3.48. The first-order chi connectivity index (χ1) is 18.3. The average Bonchev–Trinajstić information content (AvgIpc) is 2.90. The molecule has 2 aliphatic rings. The predicted octanol–water partition coefficient (Wildman–Crippen LogP) is 3.55. The predicted molar refractivity (Wildman–Crippen MR) is 151 cm³/mol. The highest BCUT2D eigenvalue weighted by molar-refractivity contribution is 5.95. The standard InChI is InChI=1S/C28H42F2N4O5.ClH/c1-27(2,14-21(31)23(35)16-32-25(37)28(29,30)19-10-5-4-6-11-19)15-24(36)34-17-20(33-26(38)39-3)13-18-9-7-8-12-22(18)34;/h7-9,12,19-21,23,35H,4-6,10-11,13-17,31H2,1-3H3,(H,32,37)(H,33,38);1H/t20?,21-,23-;/m0./s1. The highest BCUT2D eigenvalue weighted by Gasteiger charge is 2.47. The molecule has 1 aliphatic heterocycles. The van der Waals surface area contributed by atoms with Crippen LogP contribution < -0.4 is 21.3 Å². The summed E-state index contributed by atoms with van der Waals surface area (Å²) in [5.41, 5.74) is 7.23. The number of carbonyl (C=O) groups is 3. The number of nitrogens with one attached hydrogen (secondary N) is 2. The third-order valence-corrected chi connectivity index (χ3v) is 7.76. The van der Waals surface area contributed by atoms with E-state index in [9.17, 15) is 28.3 Å². The fourth-order valence-electron chi connectivity index (χ4n) is 5.62. The van der Waals surface area contributed by atoms with E-state index in [1.807, 2.05) is 38.1 Å². The number of hydrogen-bond acceptors (Lipinski definition) is 6. The van der Waals surface area contributed by atoms with Crippen molar-refractivity contribution in [2.24, 2.45) is 17.1 Å². The van der Waals surface area contributed by atoms with E-state index in [4.69, 9.17) is 10.5 Å². The molecule has 5 N–H and O–H groups in total. The molecule has 226 valence electrons.